The Bertz CT molecular complexity index is 262. The van der Waals surface area contributed by atoms with Crippen LogP contribution in [0.15, 0.2) is 0 Å². The van der Waals surface area contributed by atoms with E-state index in [-0.39, 0.29) is 6.42 Å². The maximum absolute atomic E-state index is 11.9. The van der Waals surface area contributed by atoms with E-state index >= 15 is 0 Å². The number of alkyl halides is 2. The Balaban J connectivity index is 3.78. The van der Waals surface area contributed by atoms with Crippen molar-refractivity contribution >= 4 is 17.7 Å². The van der Waals surface area contributed by atoms with Crippen molar-refractivity contribution in [3.8, 4) is 0 Å². The number of carbonyl (C=O) groups is 1. The van der Waals surface area contributed by atoms with E-state index in [1.165, 1.54) is 11.8 Å². The van der Waals surface area contributed by atoms with Gasteiger partial charge in [-0.2, -0.15) is 0 Å². The Hall–Kier alpha value is -0.320. The quantitative estimate of drug-likeness (QED) is 0.465. The summed E-state index contributed by atoms with van der Waals surface area (Å²) in [5.41, 5.74) is 0. The van der Waals surface area contributed by atoms with Gasteiger partial charge in [0, 0.05) is 6.42 Å². The van der Waals surface area contributed by atoms with Crippen LogP contribution in [0, 0.1) is 0 Å². The molecule has 0 aliphatic rings. The van der Waals surface area contributed by atoms with Gasteiger partial charge in [0.05, 0.1) is 0 Å². The molecule has 0 aromatic heterocycles. The summed E-state index contributed by atoms with van der Waals surface area (Å²) in [4.78, 5) is 11.4. The third-order valence-corrected chi connectivity index (χ3v) is 4.96. The van der Waals surface area contributed by atoms with Gasteiger partial charge in [0.2, 0.25) is 6.43 Å². The van der Waals surface area contributed by atoms with Gasteiger partial charge in [-0.15, -0.1) is 11.8 Å². The second-order valence-corrected chi connectivity index (χ2v) is 7.03. The molecule has 0 radical (unpaired) electrons. The summed E-state index contributed by atoms with van der Waals surface area (Å²) >= 11 is 1.50. The summed E-state index contributed by atoms with van der Waals surface area (Å²) in [6, 6.07) is 0. The first-order valence-electron chi connectivity index (χ1n) is 7.58. The highest BCUT2D eigenvalue weighted by Crippen LogP contribution is 2.32. The summed E-state index contributed by atoms with van der Waals surface area (Å²) < 4.78 is 23.2. The van der Waals surface area contributed by atoms with Crippen molar-refractivity contribution in [2.24, 2.45) is 0 Å². The Morgan fingerprint density at radius 1 is 1.15 bits per heavy atom. The average molecular weight is 310 g/mol. The van der Waals surface area contributed by atoms with Gasteiger partial charge >= 0.3 is 5.97 Å². The smallest absolute Gasteiger partial charge is 0.319 e. The molecule has 0 aromatic rings. The van der Waals surface area contributed by atoms with Crippen molar-refractivity contribution in [3.63, 3.8) is 0 Å². The van der Waals surface area contributed by atoms with E-state index in [0.29, 0.717) is 12.8 Å². The van der Waals surface area contributed by atoms with Crippen LogP contribution in [-0.4, -0.2) is 28.0 Å². The summed E-state index contributed by atoms with van der Waals surface area (Å²) in [5, 5.41) is 9.33. The Morgan fingerprint density at radius 3 is 2.35 bits per heavy atom. The van der Waals surface area contributed by atoms with Crippen LogP contribution in [0.4, 0.5) is 8.78 Å². The van der Waals surface area contributed by atoms with Gasteiger partial charge in [-0.25, -0.2) is 8.78 Å². The van der Waals surface area contributed by atoms with E-state index in [1.807, 2.05) is 0 Å². The number of hydrogen-bond acceptors (Lipinski definition) is 2. The lowest BCUT2D eigenvalue weighted by Crippen LogP contribution is -2.31. The van der Waals surface area contributed by atoms with Gasteiger partial charge in [0.15, 0.2) is 0 Å². The highest BCUT2D eigenvalue weighted by atomic mass is 32.2. The van der Waals surface area contributed by atoms with Gasteiger partial charge in [-0.05, 0) is 31.9 Å². The highest BCUT2D eigenvalue weighted by molar-refractivity contribution is 8.01. The van der Waals surface area contributed by atoms with Crippen molar-refractivity contribution in [3.05, 3.63) is 0 Å². The minimum atomic E-state index is -2.20. The number of aliphatic carboxylic acids is 1. The zero-order valence-electron chi connectivity index (χ0n) is 12.7. The molecule has 1 atom stereocenters. The SMILES string of the molecule is CCCCCC(C)(SCCCCCCC(F)F)C(=O)O. The predicted molar refractivity (Wildman–Crippen MR) is 81.7 cm³/mol. The zero-order chi connectivity index (χ0) is 15.4. The fourth-order valence-electron chi connectivity index (χ4n) is 2.00. The molecule has 0 aliphatic carbocycles. The molecule has 0 heterocycles. The van der Waals surface area contributed by atoms with Crippen molar-refractivity contribution in [1.82, 2.24) is 0 Å². The van der Waals surface area contributed by atoms with E-state index in [1.54, 1.807) is 6.92 Å². The molecule has 0 saturated heterocycles. The van der Waals surface area contributed by atoms with Crippen LogP contribution < -0.4 is 0 Å². The van der Waals surface area contributed by atoms with Crippen LogP contribution in [0.25, 0.3) is 0 Å². The number of carboxylic acid groups (broad SMARTS) is 1. The van der Waals surface area contributed by atoms with Crippen LogP contribution in [-0.2, 0) is 4.79 Å². The average Bonchev–Trinajstić information content (AvgIpc) is 2.37. The van der Waals surface area contributed by atoms with Crippen molar-refractivity contribution in [1.29, 1.82) is 0 Å². The highest BCUT2D eigenvalue weighted by Gasteiger charge is 2.32. The van der Waals surface area contributed by atoms with E-state index in [2.05, 4.69) is 6.92 Å². The van der Waals surface area contributed by atoms with E-state index in [9.17, 15) is 18.7 Å². The summed E-state index contributed by atoms with van der Waals surface area (Å²) in [7, 11) is 0. The second-order valence-electron chi connectivity index (χ2n) is 5.44. The molecule has 0 spiro atoms. The molecule has 5 heteroatoms. The third kappa shape index (κ3) is 9.56. The molecule has 0 aromatic carbocycles. The lowest BCUT2D eigenvalue weighted by atomic mass is 10.0. The van der Waals surface area contributed by atoms with Crippen LogP contribution >= 0.6 is 11.8 Å². The Kier molecular flexibility index (Phi) is 11.2. The first-order valence-corrected chi connectivity index (χ1v) is 8.56. The molecule has 0 saturated carbocycles. The molecule has 120 valence electrons. The molecule has 1 unspecified atom stereocenters. The van der Waals surface area contributed by atoms with E-state index in [4.69, 9.17) is 0 Å². The topological polar surface area (TPSA) is 37.3 Å². The number of thioether (sulfide) groups is 1. The molecule has 0 amide bonds. The van der Waals surface area contributed by atoms with Gasteiger partial charge in [-0.3, -0.25) is 4.79 Å². The molecule has 0 fully saturated rings. The van der Waals surface area contributed by atoms with E-state index in [0.717, 1.165) is 44.3 Å². The number of hydrogen-bond donors (Lipinski definition) is 1. The number of carboxylic acids is 1. The predicted octanol–water partition coefficient (Wildman–Crippen LogP) is 5.36. The monoisotopic (exact) mass is 310 g/mol. The fourth-order valence-corrected chi connectivity index (χ4v) is 3.22. The first-order chi connectivity index (χ1) is 9.42. The summed E-state index contributed by atoms with van der Waals surface area (Å²) in [6.07, 6.45) is 4.78. The Labute approximate surface area is 125 Å². The lowest BCUT2D eigenvalue weighted by Gasteiger charge is -2.24. The second kappa shape index (κ2) is 11.4. The van der Waals surface area contributed by atoms with Crippen LogP contribution in [0.2, 0.25) is 0 Å². The maximum Gasteiger partial charge on any atom is 0.319 e. The molecule has 20 heavy (non-hydrogen) atoms. The molecule has 2 nitrogen and oxygen atoms in total. The van der Waals surface area contributed by atoms with Gasteiger partial charge in [0.25, 0.3) is 0 Å². The zero-order valence-corrected chi connectivity index (χ0v) is 13.5. The van der Waals surface area contributed by atoms with Crippen molar-refractivity contribution in [2.45, 2.75) is 82.8 Å². The molecule has 0 rings (SSSR count). The van der Waals surface area contributed by atoms with Crippen molar-refractivity contribution < 1.29 is 18.7 Å². The van der Waals surface area contributed by atoms with E-state index < -0.39 is 17.1 Å². The largest absolute Gasteiger partial charge is 0.480 e. The summed E-state index contributed by atoms with van der Waals surface area (Å²) in [6.45, 7) is 3.90. The molecule has 1 N–H and O–H groups in total. The molecular formula is C15H28F2O2S. The van der Waals surface area contributed by atoms with Crippen LogP contribution in [0.3, 0.4) is 0 Å². The number of unbranched alkanes of at least 4 members (excludes halogenated alkanes) is 5. The molecule has 0 bridgehead atoms. The van der Waals surface area contributed by atoms with Gasteiger partial charge < -0.3 is 5.11 Å². The fraction of sp³-hybridized carbons (Fsp3) is 0.933. The van der Waals surface area contributed by atoms with Crippen LogP contribution in [0.1, 0.15) is 71.6 Å². The Morgan fingerprint density at radius 2 is 1.80 bits per heavy atom. The third-order valence-electron chi connectivity index (χ3n) is 3.45. The summed E-state index contributed by atoms with van der Waals surface area (Å²) in [5.74, 6) is 0.0557. The standard InChI is InChI=1S/C15H28F2O2S/c1-3-4-8-11-15(2,14(18)19)20-12-9-6-5-7-10-13(16)17/h13H,3-12H2,1-2H3,(H,18,19). The number of rotatable bonds is 13. The lowest BCUT2D eigenvalue weighted by molar-refractivity contribution is -0.139. The first kappa shape index (κ1) is 19.7. The normalized spacial score (nSPS) is 14.4. The molecule has 0 aliphatic heterocycles. The van der Waals surface area contributed by atoms with Gasteiger partial charge in [-0.1, -0.05) is 39.0 Å². The number of halogens is 2. The minimum Gasteiger partial charge on any atom is -0.480 e. The van der Waals surface area contributed by atoms with Crippen molar-refractivity contribution in [2.75, 3.05) is 5.75 Å². The molecular weight excluding hydrogens is 282 g/mol. The minimum absolute atomic E-state index is 0.0169. The maximum atomic E-state index is 11.9. The van der Waals surface area contributed by atoms with Gasteiger partial charge in [0.1, 0.15) is 4.75 Å². The van der Waals surface area contributed by atoms with Crippen LogP contribution in [0.5, 0.6) is 0 Å².